The molecule has 0 saturated heterocycles. The monoisotopic (exact) mass is 614 g/mol. The number of aryl methyl sites for hydroxylation is 1. The molecule has 6 nitrogen and oxygen atoms in total. The summed E-state index contributed by atoms with van der Waals surface area (Å²) in [5.74, 6) is -1.21. The van der Waals surface area contributed by atoms with Crippen LogP contribution in [0, 0.1) is 17.0 Å². The number of carboxylic acids is 1. The topological polar surface area (TPSA) is 93.3 Å². The van der Waals surface area contributed by atoms with Crippen molar-refractivity contribution in [1.82, 2.24) is 4.98 Å². The van der Waals surface area contributed by atoms with Crippen molar-refractivity contribution in [3.8, 4) is 0 Å². The number of rotatable bonds is 2. The molecule has 0 aliphatic rings. The Bertz CT molecular complexity index is 427. The molecule has 1 aromatic rings. The number of hydrogen-bond acceptors (Lipinski definition) is 4. The molecule has 10 heteroatoms. The van der Waals surface area contributed by atoms with Crippen LogP contribution in [0.1, 0.15) is 16.1 Å². The molecule has 0 aliphatic carbocycles. The average Bonchev–Trinajstić information content (AvgIpc) is 2.16. The number of aromatic nitrogens is 1. The van der Waals surface area contributed by atoms with E-state index < -0.39 is 10.9 Å². The molecule has 0 amide bonds. The Morgan fingerprint density at radius 3 is 2.35 bits per heavy atom. The molecule has 1 aromatic heterocycles. The zero-order valence-electron chi connectivity index (χ0n) is 8.30. The van der Waals surface area contributed by atoms with Crippen LogP contribution in [-0.2, 0) is 4.92 Å². The number of aromatic carboxylic acids is 1. The maximum absolute atomic E-state index is 10.5. The van der Waals surface area contributed by atoms with E-state index in [9.17, 15) is 14.9 Å². The van der Waals surface area contributed by atoms with Crippen molar-refractivity contribution in [1.29, 1.82) is 0 Å². The van der Waals surface area contributed by atoms with Crippen molar-refractivity contribution in [2.45, 2.75) is 6.92 Å². The fourth-order valence-electron chi connectivity index (χ4n) is 0.838. The number of nitrogens with zero attached hydrogens (tertiary/aromatic N) is 2. The van der Waals surface area contributed by atoms with Crippen molar-refractivity contribution in [2.75, 3.05) is 0 Å². The van der Waals surface area contributed by atoms with Gasteiger partial charge in [0.1, 0.15) is 6.20 Å². The van der Waals surface area contributed by atoms with Gasteiger partial charge in [0.05, 0.1) is 16.2 Å². The fourth-order valence-corrected chi connectivity index (χ4v) is 0.838. The Morgan fingerprint density at radius 1 is 1.53 bits per heavy atom. The van der Waals surface area contributed by atoms with Gasteiger partial charge in [0, 0.05) is 6.07 Å². The number of carboxylic acid groups (broad SMARTS) is 1. The third-order valence-corrected chi connectivity index (χ3v) is 1.51. The van der Waals surface area contributed by atoms with Gasteiger partial charge in [0.15, 0.2) is 0 Å². The first-order valence-electron chi connectivity index (χ1n) is 3.87. The van der Waals surface area contributed by atoms with Gasteiger partial charge in [-0.1, -0.05) is 0 Å². The summed E-state index contributed by atoms with van der Waals surface area (Å²) in [5, 5.41) is 18.9. The van der Waals surface area contributed by atoms with E-state index in [2.05, 4.69) is 64.9 Å². The third kappa shape index (κ3) is 7.74. The van der Waals surface area contributed by atoms with Gasteiger partial charge in [-0.2, -0.15) is 0 Å². The van der Waals surface area contributed by atoms with Crippen LogP contribution >= 0.6 is 59.9 Å². The van der Waals surface area contributed by atoms with Crippen molar-refractivity contribution < 1.29 is 19.7 Å². The number of halogens is 3. The summed E-state index contributed by atoms with van der Waals surface area (Å²) in [5.41, 5.74) is -0.199. The standard InChI is InChI=1S/C7H6N2O4.3HI.V/c1-4-6(7(10)11)2-5(3-8-4)9(12)13;;;;/h2-3H,1H3,(H,10,11);3*1H;/q;;;;+3/p-3. The molecule has 1 rings (SSSR count). The zero-order chi connectivity index (χ0) is 13.6. The summed E-state index contributed by atoms with van der Waals surface area (Å²) in [7, 11) is 0. The second-order valence-corrected chi connectivity index (χ2v) is 37.9. The van der Waals surface area contributed by atoms with Crippen LogP contribution in [0.25, 0.3) is 0 Å². The number of pyridine rings is 1. The minimum absolute atomic E-state index is 0.144. The van der Waals surface area contributed by atoms with E-state index in [4.69, 9.17) is 5.11 Å². The van der Waals surface area contributed by atoms with E-state index in [1.165, 1.54) is 6.92 Å². The Balaban J connectivity index is 0.000000557. The Morgan fingerprint density at radius 2 is 2.00 bits per heavy atom. The number of hydrogen-bond donors (Lipinski definition) is 1. The van der Waals surface area contributed by atoms with Crippen LogP contribution in [0.5, 0.6) is 0 Å². The number of carbonyl (C=O) groups is 1. The quantitative estimate of drug-likeness (QED) is 0.312. The van der Waals surface area contributed by atoms with Crippen molar-refractivity contribution in [2.24, 2.45) is 0 Å². The normalized spacial score (nSPS) is 9.47. The van der Waals surface area contributed by atoms with Crippen molar-refractivity contribution >= 4 is 71.6 Å². The van der Waals surface area contributed by atoms with Crippen LogP contribution < -0.4 is 0 Å². The third-order valence-electron chi connectivity index (χ3n) is 1.51. The molecule has 0 radical (unpaired) electrons. The van der Waals surface area contributed by atoms with E-state index >= 15 is 0 Å². The van der Waals surface area contributed by atoms with Crippen LogP contribution in [0.15, 0.2) is 12.3 Å². The van der Waals surface area contributed by atoms with E-state index in [0.29, 0.717) is 0 Å². The number of nitro groups is 1. The summed E-state index contributed by atoms with van der Waals surface area (Å²) in [6.07, 6.45) is 1.03. The first-order valence-corrected chi connectivity index (χ1v) is 17.4. The molecule has 0 aliphatic heterocycles. The predicted octanol–water partition coefficient (Wildman–Crippen LogP) is 3.65. The average molecular weight is 614 g/mol. The first kappa shape index (κ1) is 17.8. The molecule has 0 unspecified atom stereocenters. The summed E-state index contributed by atoms with van der Waals surface area (Å²) >= 11 is 7.39. The molecular weight excluding hydrogens is 608 g/mol. The van der Waals surface area contributed by atoms with Gasteiger partial charge in [-0.25, -0.2) is 4.79 Å². The second kappa shape index (κ2) is 8.82. The summed E-state index contributed by atoms with van der Waals surface area (Å²) in [4.78, 5) is 23.4. The van der Waals surface area contributed by atoms with Crippen molar-refractivity contribution in [3.05, 3.63) is 33.6 Å². The molecule has 0 fully saturated rings. The van der Waals surface area contributed by atoms with E-state index in [-0.39, 0.29) is 21.9 Å². The van der Waals surface area contributed by atoms with Gasteiger partial charge in [0.2, 0.25) is 0 Å². The minimum atomic E-state index is -1.21. The second-order valence-electron chi connectivity index (χ2n) is 2.58. The van der Waals surface area contributed by atoms with Crippen LogP contribution in [-0.4, -0.2) is 21.0 Å². The summed E-state index contributed by atoms with van der Waals surface area (Å²) in [6.45, 7) is 1.48. The first-order chi connectivity index (χ1) is 7.75. The van der Waals surface area contributed by atoms with Crippen molar-refractivity contribution in [3.63, 3.8) is 0 Å². The molecular formula is C7H6I3N2O4V. The molecule has 17 heavy (non-hydrogen) atoms. The molecule has 94 valence electrons. The Hall–Kier alpha value is 0.794. The van der Waals surface area contributed by atoms with Crippen LogP contribution in [0.3, 0.4) is 0 Å². The summed E-state index contributed by atoms with van der Waals surface area (Å²) < 4.78 is 0. The molecule has 0 spiro atoms. The van der Waals surface area contributed by atoms with Crippen LogP contribution in [0.2, 0.25) is 0 Å². The molecule has 1 N–H and O–H groups in total. The Kier molecular flexibility index (Phi) is 9.23. The van der Waals surface area contributed by atoms with E-state index in [1.54, 1.807) is 0 Å². The maximum atomic E-state index is 10.5. The van der Waals surface area contributed by atoms with Gasteiger partial charge < -0.3 is 5.11 Å². The van der Waals surface area contributed by atoms with E-state index in [0.717, 1.165) is 12.3 Å². The van der Waals surface area contributed by atoms with Gasteiger partial charge in [-0.15, -0.1) is 0 Å². The molecule has 1 heterocycles. The van der Waals surface area contributed by atoms with Gasteiger partial charge in [-0.3, -0.25) is 15.1 Å². The van der Waals surface area contributed by atoms with Gasteiger partial charge in [0.25, 0.3) is 5.69 Å². The zero-order valence-corrected chi connectivity index (χ0v) is 16.2. The van der Waals surface area contributed by atoms with E-state index in [1.807, 2.05) is 0 Å². The molecule has 0 aromatic carbocycles. The van der Waals surface area contributed by atoms with Gasteiger partial charge in [-0.05, 0) is 6.92 Å². The fraction of sp³-hybridized carbons (Fsp3) is 0.143. The predicted molar refractivity (Wildman–Crippen MR) is 84.6 cm³/mol. The van der Waals surface area contributed by atoms with Gasteiger partial charge >= 0.3 is 70.8 Å². The van der Waals surface area contributed by atoms with Crippen LogP contribution in [0.4, 0.5) is 5.69 Å². The molecule has 0 bridgehead atoms. The summed E-state index contributed by atoms with van der Waals surface area (Å²) in [6, 6.07) is 0.991. The SMILES string of the molecule is Cc1ncc([N+](=O)[O-])cc1C(=O)O.[I][V]([I])[I]. The Labute approximate surface area is 135 Å². The molecule has 0 saturated carbocycles. The molecule has 0 atom stereocenters.